The van der Waals surface area contributed by atoms with Crippen molar-refractivity contribution in [3.05, 3.63) is 29.8 Å². The van der Waals surface area contributed by atoms with Crippen molar-refractivity contribution in [2.24, 2.45) is 0 Å². The second kappa shape index (κ2) is 5.53. The van der Waals surface area contributed by atoms with Crippen LogP contribution in [0.2, 0.25) is 0 Å². The van der Waals surface area contributed by atoms with Crippen LogP contribution in [0.5, 0.6) is 5.75 Å². The molecule has 1 aromatic carbocycles. The molecule has 0 saturated carbocycles. The Balaban J connectivity index is 2.49. The van der Waals surface area contributed by atoms with E-state index >= 15 is 0 Å². The first-order chi connectivity index (χ1) is 7.51. The quantitative estimate of drug-likeness (QED) is 0.844. The predicted molar refractivity (Wildman–Crippen MR) is 64.1 cm³/mol. The maximum Gasteiger partial charge on any atom is 0.174 e. The average Bonchev–Trinajstić information content (AvgIpc) is 2.24. The van der Waals surface area contributed by atoms with E-state index in [1.807, 2.05) is 30.3 Å². The highest BCUT2D eigenvalue weighted by Gasteiger charge is 2.07. The summed E-state index contributed by atoms with van der Waals surface area (Å²) in [7, 11) is 0. The topological polar surface area (TPSA) is 45.0 Å². The molecule has 0 aliphatic carbocycles. The van der Waals surface area contributed by atoms with Crippen molar-refractivity contribution >= 4 is 0 Å². The molecule has 0 aliphatic heterocycles. The van der Waals surface area contributed by atoms with Crippen molar-refractivity contribution in [1.29, 1.82) is 5.26 Å². The van der Waals surface area contributed by atoms with E-state index in [2.05, 4.69) is 26.1 Å². The van der Waals surface area contributed by atoms with Gasteiger partial charge in [-0.1, -0.05) is 12.1 Å². The lowest BCUT2D eigenvalue weighted by atomic mass is 10.1. The number of benzene rings is 1. The lowest BCUT2D eigenvalue weighted by Crippen LogP contribution is -2.34. The summed E-state index contributed by atoms with van der Waals surface area (Å²) in [5, 5.41) is 11.8. The summed E-state index contributed by atoms with van der Waals surface area (Å²) in [6, 6.07) is 9.72. The lowest BCUT2D eigenvalue weighted by Gasteiger charge is -2.20. The van der Waals surface area contributed by atoms with E-state index < -0.39 is 0 Å². The zero-order valence-electron chi connectivity index (χ0n) is 10.1. The normalized spacial score (nSPS) is 10.9. The van der Waals surface area contributed by atoms with Gasteiger partial charge in [0.05, 0.1) is 0 Å². The van der Waals surface area contributed by atoms with Gasteiger partial charge >= 0.3 is 0 Å². The van der Waals surface area contributed by atoms with Gasteiger partial charge < -0.3 is 10.1 Å². The molecule has 3 heteroatoms. The van der Waals surface area contributed by atoms with Gasteiger partial charge in [0, 0.05) is 12.1 Å². The third kappa shape index (κ3) is 4.81. The van der Waals surface area contributed by atoms with Crippen LogP contribution in [0.25, 0.3) is 0 Å². The van der Waals surface area contributed by atoms with Gasteiger partial charge in [-0.25, -0.2) is 0 Å². The van der Waals surface area contributed by atoms with Crippen LogP contribution in [-0.4, -0.2) is 12.1 Å². The summed E-state index contributed by atoms with van der Waals surface area (Å²) in [5.41, 5.74) is 1.33. The fraction of sp³-hybridized carbons (Fsp3) is 0.462. The first kappa shape index (κ1) is 12.5. The van der Waals surface area contributed by atoms with Crippen LogP contribution in [0.4, 0.5) is 0 Å². The Morgan fingerprint density at radius 1 is 1.25 bits per heavy atom. The van der Waals surface area contributed by atoms with Gasteiger partial charge in [0.15, 0.2) is 6.61 Å². The second-order valence-corrected chi connectivity index (χ2v) is 4.69. The van der Waals surface area contributed by atoms with Gasteiger partial charge in [0.2, 0.25) is 0 Å². The van der Waals surface area contributed by atoms with Gasteiger partial charge in [-0.2, -0.15) is 5.26 Å². The van der Waals surface area contributed by atoms with E-state index in [1.165, 1.54) is 5.56 Å². The predicted octanol–water partition coefficient (Wildman–Crippen LogP) is 2.48. The Hall–Kier alpha value is -1.53. The zero-order valence-corrected chi connectivity index (χ0v) is 10.1. The van der Waals surface area contributed by atoms with Crippen LogP contribution in [0.1, 0.15) is 26.3 Å². The standard InChI is InChI=1S/C13H18N2O/c1-13(2,3)15-10-11-4-6-12(7-5-11)16-9-8-14/h4-7,15H,9-10H2,1-3H3. The van der Waals surface area contributed by atoms with Gasteiger partial charge in [-0.15, -0.1) is 0 Å². The Labute approximate surface area is 97.0 Å². The molecule has 0 spiro atoms. The maximum absolute atomic E-state index is 8.37. The minimum atomic E-state index is 0.0968. The lowest BCUT2D eigenvalue weighted by molar-refractivity contribution is 0.368. The smallest absolute Gasteiger partial charge is 0.174 e. The largest absolute Gasteiger partial charge is 0.479 e. The molecule has 0 radical (unpaired) electrons. The number of nitrogens with one attached hydrogen (secondary N) is 1. The van der Waals surface area contributed by atoms with E-state index in [4.69, 9.17) is 10.00 Å². The first-order valence-electron chi connectivity index (χ1n) is 5.35. The number of hydrogen-bond donors (Lipinski definition) is 1. The Kier molecular flexibility index (Phi) is 4.33. The highest BCUT2D eigenvalue weighted by molar-refractivity contribution is 5.27. The number of hydrogen-bond acceptors (Lipinski definition) is 3. The van der Waals surface area contributed by atoms with Crippen molar-refractivity contribution in [1.82, 2.24) is 5.32 Å². The molecule has 16 heavy (non-hydrogen) atoms. The first-order valence-corrected chi connectivity index (χ1v) is 5.35. The molecule has 0 heterocycles. The van der Waals surface area contributed by atoms with Gasteiger partial charge in [0.1, 0.15) is 11.8 Å². The van der Waals surface area contributed by atoms with Gasteiger partial charge in [-0.3, -0.25) is 0 Å². The SMILES string of the molecule is CC(C)(C)NCc1ccc(OCC#N)cc1. The van der Waals surface area contributed by atoms with Crippen LogP contribution < -0.4 is 10.1 Å². The fourth-order valence-electron chi connectivity index (χ4n) is 1.19. The molecule has 1 aromatic rings. The molecular formula is C13H18N2O. The van der Waals surface area contributed by atoms with Crippen molar-refractivity contribution in [2.45, 2.75) is 32.9 Å². The number of nitriles is 1. The molecular weight excluding hydrogens is 200 g/mol. The van der Waals surface area contributed by atoms with Crippen LogP contribution in [0.15, 0.2) is 24.3 Å². The van der Waals surface area contributed by atoms with E-state index in [9.17, 15) is 0 Å². The van der Waals surface area contributed by atoms with Crippen LogP contribution in [-0.2, 0) is 6.54 Å². The van der Waals surface area contributed by atoms with Gasteiger partial charge in [-0.05, 0) is 38.5 Å². The minimum absolute atomic E-state index is 0.0968. The molecule has 3 nitrogen and oxygen atoms in total. The average molecular weight is 218 g/mol. The van der Waals surface area contributed by atoms with E-state index in [0.717, 1.165) is 12.3 Å². The van der Waals surface area contributed by atoms with E-state index in [1.54, 1.807) is 0 Å². The van der Waals surface area contributed by atoms with Crippen LogP contribution in [0.3, 0.4) is 0 Å². The summed E-state index contributed by atoms with van der Waals surface area (Å²) in [6.07, 6.45) is 0. The summed E-state index contributed by atoms with van der Waals surface area (Å²) < 4.78 is 5.17. The molecule has 1 N–H and O–H groups in total. The number of ether oxygens (including phenoxy) is 1. The molecule has 0 amide bonds. The fourth-order valence-corrected chi connectivity index (χ4v) is 1.19. The van der Waals surface area contributed by atoms with Crippen molar-refractivity contribution in [3.63, 3.8) is 0 Å². The Bertz CT molecular complexity index is 357. The highest BCUT2D eigenvalue weighted by atomic mass is 16.5. The molecule has 1 rings (SSSR count). The number of nitrogens with zero attached hydrogens (tertiary/aromatic N) is 1. The van der Waals surface area contributed by atoms with Crippen molar-refractivity contribution in [3.8, 4) is 11.8 Å². The molecule has 0 unspecified atom stereocenters. The summed E-state index contributed by atoms with van der Waals surface area (Å²) in [4.78, 5) is 0. The number of rotatable bonds is 4. The third-order valence-electron chi connectivity index (χ3n) is 2.05. The zero-order chi connectivity index (χ0) is 12.0. The summed E-state index contributed by atoms with van der Waals surface area (Å²) in [5.74, 6) is 0.737. The highest BCUT2D eigenvalue weighted by Crippen LogP contribution is 2.12. The molecule has 0 aromatic heterocycles. The Morgan fingerprint density at radius 2 is 1.88 bits per heavy atom. The molecule has 0 aliphatic rings. The third-order valence-corrected chi connectivity index (χ3v) is 2.05. The van der Waals surface area contributed by atoms with Crippen molar-refractivity contribution in [2.75, 3.05) is 6.61 Å². The minimum Gasteiger partial charge on any atom is -0.479 e. The summed E-state index contributed by atoms with van der Waals surface area (Å²) >= 11 is 0. The Morgan fingerprint density at radius 3 is 2.38 bits per heavy atom. The van der Waals surface area contributed by atoms with Crippen LogP contribution >= 0.6 is 0 Å². The second-order valence-electron chi connectivity index (χ2n) is 4.69. The summed E-state index contributed by atoms with van der Waals surface area (Å²) in [6.45, 7) is 7.34. The van der Waals surface area contributed by atoms with Crippen LogP contribution in [0, 0.1) is 11.3 Å². The molecule has 0 atom stereocenters. The van der Waals surface area contributed by atoms with Gasteiger partial charge in [0.25, 0.3) is 0 Å². The van der Waals surface area contributed by atoms with Crippen molar-refractivity contribution < 1.29 is 4.74 Å². The van der Waals surface area contributed by atoms with E-state index in [0.29, 0.717) is 0 Å². The molecule has 86 valence electrons. The monoisotopic (exact) mass is 218 g/mol. The maximum atomic E-state index is 8.37. The van der Waals surface area contributed by atoms with E-state index in [-0.39, 0.29) is 12.1 Å². The molecule has 0 fully saturated rings. The molecule has 0 saturated heterocycles. The molecule has 0 bridgehead atoms.